The second-order valence-corrected chi connectivity index (χ2v) is 5.08. The van der Waals surface area contributed by atoms with Crippen LogP contribution in [0.5, 0.6) is 0 Å². The van der Waals surface area contributed by atoms with Gasteiger partial charge < -0.3 is 19.3 Å². The van der Waals surface area contributed by atoms with Crippen LogP contribution in [0.1, 0.15) is 30.8 Å². The fourth-order valence-electron chi connectivity index (χ4n) is 2.47. The van der Waals surface area contributed by atoms with Crippen LogP contribution in [0.15, 0.2) is 18.3 Å². The molecule has 1 saturated heterocycles. The minimum Gasteiger partial charge on any atom is -0.480 e. The molecular formula is C14H20N2O4. The Morgan fingerprint density at radius 3 is 2.90 bits per heavy atom. The molecule has 0 aromatic carbocycles. The largest absolute Gasteiger partial charge is 0.480 e. The molecule has 0 saturated carbocycles. The number of ether oxygens (including phenoxy) is 1. The van der Waals surface area contributed by atoms with Crippen LogP contribution in [0.3, 0.4) is 0 Å². The summed E-state index contributed by atoms with van der Waals surface area (Å²) in [6.07, 6.45) is 2.44. The Morgan fingerprint density at radius 2 is 2.25 bits per heavy atom. The van der Waals surface area contributed by atoms with Crippen molar-refractivity contribution in [3.8, 4) is 0 Å². The molecule has 6 nitrogen and oxygen atoms in total. The second-order valence-electron chi connectivity index (χ2n) is 5.08. The smallest absolute Gasteiger partial charge is 0.323 e. The van der Waals surface area contributed by atoms with E-state index in [-0.39, 0.29) is 24.6 Å². The Labute approximate surface area is 117 Å². The van der Waals surface area contributed by atoms with Crippen LogP contribution in [0.25, 0.3) is 0 Å². The molecule has 1 aromatic heterocycles. The molecule has 1 N–H and O–H groups in total. The molecule has 0 bridgehead atoms. The lowest BCUT2D eigenvalue weighted by Gasteiger charge is -2.38. The third-order valence-electron chi connectivity index (χ3n) is 3.55. The summed E-state index contributed by atoms with van der Waals surface area (Å²) >= 11 is 0. The van der Waals surface area contributed by atoms with Crippen molar-refractivity contribution >= 4 is 11.9 Å². The molecular weight excluding hydrogens is 260 g/mol. The van der Waals surface area contributed by atoms with Gasteiger partial charge in [-0.15, -0.1) is 0 Å². The Hall–Kier alpha value is -1.82. The summed E-state index contributed by atoms with van der Waals surface area (Å²) in [5.41, 5.74) is 0.417. The zero-order valence-corrected chi connectivity index (χ0v) is 11.8. The van der Waals surface area contributed by atoms with Gasteiger partial charge in [0.2, 0.25) is 0 Å². The molecule has 1 aliphatic rings. The van der Waals surface area contributed by atoms with Crippen LogP contribution in [0, 0.1) is 0 Å². The molecule has 0 radical (unpaired) electrons. The van der Waals surface area contributed by atoms with Gasteiger partial charge in [0, 0.05) is 12.7 Å². The van der Waals surface area contributed by atoms with E-state index in [0.29, 0.717) is 18.8 Å². The molecule has 1 fully saturated rings. The van der Waals surface area contributed by atoms with Crippen molar-refractivity contribution in [1.29, 1.82) is 0 Å². The number of carboxylic acids is 1. The molecule has 1 aliphatic heterocycles. The molecule has 2 heterocycles. The summed E-state index contributed by atoms with van der Waals surface area (Å²) in [5.74, 6) is -1.09. The summed E-state index contributed by atoms with van der Waals surface area (Å²) in [6.45, 7) is 4.81. The van der Waals surface area contributed by atoms with Gasteiger partial charge in [0.1, 0.15) is 12.2 Å². The Bertz CT molecular complexity index is 497. The zero-order valence-electron chi connectivity index (χ0n) is 11.8. The normalized spacial score (nSPS) is 22.8. The number of carbonyl (C=O) groups excluding carboxylic acids is 1. The average molecular weight is 280 g/mol. The Balaban J connectivity index is 2.21. The van der Waals surface area contributed by atoms with Crippen molar-refractivity contribution in [3.05, 3.63) is 24.0 Å². The van der Waals surface area contributed by atoms with Gasteiger partial charge in [-0.2, -0.15) is 0 Å². The number of amides is 1. The van der Waals surface area contributed by atoms with Gasteiger partial charge >= 0.3 is 5.97 Å². The number of aliphatic carboxylic acids is 1. The number of aromatic nitrogens is 1. The second kappa shape index (κ2) is 6.09. The summed E-state index contributed by atoms with van der Waals surface area (Å²) < 4.78 is 7.05. The third kappa shape index (κ3) is 3.01. The van der Waals surface area contributed by atoms with Crippen LogP contribution >= 0.6 is 0 Å². The molecule has 110 valence electrons. The fraction of sp³-hybridized carbons (Fsp3) is 0.571. The lowest BCUT2D eigenvalue weighted by atomic mass is 10.1. The molecule has 2 unspecified atom stereocenters. The van der Waals surface area contributed by atoms with E-state index in [1.165, 1.54) is 4.57 Å². The fourth-order valence-corrected chi connectivity index (χ4v) is 2.47. The van der Waals surface area contributed by atoms with Gasteiger partial charge in [0.15, 0.2) is 0 Å². The van der Waals surface area contributed by atoms with E-state index in [0.717, 1.165) is 6.42 Å². The first-order valence-corrected chi connectivity index (χ1v) is 6.82. The van der Waals surface area contributed by atoms with Gasteiger partial charge in [-0.3, -0.25) is 9.59 Å². The number of carbonyl (C=O) groups is 2. The van der Waals surface area contributed by atoms with Crippen molar-refractivity contribution in [2.24, 2.45) is 0 Å². The van der Waals surface area contributed by atoms with Crippen LogP contribution in [0.2, 0.25) is 0 Å². The SMILES string of the molecule is CCC1COC(C)CN1C(=O)c1cccn1CC(=O)O. The van der Waals surface area contributed by atoms with Crippen LogP contribution in [-0.2, 0) is 16.1 Å². The van der Waals surface area contributed by atoms with Crippen molar-refractivity contribution < 1.29 is 19.4 Å². The number of morpholine rings is 1. The maximum absolute atomic E-state index is 12.6. The number of rotatable bonds is 4. The number of hydrogen-bond acceptors (Lipinski definition) is 3. The van der Waals surface area contributed by atoms with Crippen molar-refractivity contribution in [1.82, 2.24) is 9.47 Å². The highest BCUT2D eigenvalue weighted by molar-refractivity contribution is 5.93. The molecule has 0 aliphatic carbocycles. The maximum Gasteiger partial charge on any atom is 0.323 e. The minimum atomic E-state index is -0.961. The molecule has 1 amide bonds. The van der Waals surface area contributed by atoms with Gasteiger partial charge in [0.25, 0.3) is 5.91 Å². The lowest BCUT2D eigenvalue weighted by molar-refractivity contribution is -0.137. The Morgan fingerprint density at radius 1 is 1.50 bits per heavy atom. The van der Waals surface area contributed by atoms with Crippen molar-refractivity contribution in [2.75, 3.05) is 13.2 Å². The minimum absolute atomic E-state index is 0.00429. The number of carboxylic acid groups (broad SMARTS) is 1. The highest BCUT2D eigenvalue weighted by atomic mass is 16.5. The summed E-state index contributed by atoms with van der Waals surface area (Å²) in [4.78, 5) is 25.3. The predicted octanol–water partition coefficient (Wildman–Crippen LogP) is 1.21. The zero-order chi connectivity index (χ0) is 14.7. The monoisotopic (exact) mass is 280 g/mol. The van der Waals surface area contributed by atoms with Crippen LogP contribution in [-0.4, -0.2) is 51.7 Å². The van der Waals surface area contributed by atoms with E-state index in [2.05, 4.69) is 0 Å². The first-order valence-electron chi connectivity index (χ1n) is 6.82. The predicted molar refractivity (Wildman–Crippen MR) is 72.6 cm³/mol. The summed E-state index contributed by atoms with van der Waals surface area (Å²) in [5, 5.41) is 8.88. The maximum atomic E-state index is 12.6. The highest BCUT2D eigenvalue weighted by Crippen LogP contribution is 2.18. The van der Waals surface area contributed by atoms with E-state index in [4.69, 9.17) is 9.84 Å². The van der Waals surface area contributed by atoms with E-state index < -0.39 is 5.97 Å². The first kappa shape index (κ1) is 14.6. The topological polar surface area (TPSA) is 71.8 Å². The first-order chi connectivity index (χ1) is 9.52. The average Bonchev–Trinajstić information content (AvgIpc) is 2.85. The van der Waals surface area contributed by atoms with E-state index in [1.54, 1.807) is 23.2 Å². The highest BCUT2D eigenvalue weighted by Gasteiger charge is 2.31. The van der Waals surface area contributed by atoms with Gasteiger partial charge in [-0.1, -0.05) is 6.92 Å². The Kier molecular flexibility index (Phi) is 4.44. The van der Waals surface area contributed by atoms with Gasteiger partial charge in [-0.25, -0.2) is 0 Å². The van der Waals surface area contributed by atoms with Crippen molar-refractivity contribution in [2.45, 2.75) is 39.0 Å². The standard InChI is InChI=1S/C14H20N2O4/c1-3-11-9-20-10(2)7-16(11)14(19)12-5-4-6-15(12)8-13(17)18/h4-6,10-11H,3,7-9H2,1-2H3,(H,17,18). The molecule has 2 rings (SSSR count). The van der Waals surface area contributed by atoms with Crippen LogP contribution in [0.4, 0.5) is 0 Å². The lowest BCUT2D eigenvalue weighted by Crippen LogP contribution is -2.51. The molecule has 0 spiro atoms. The van der Waals surface area contributed by atoms with E-state index >= 15 is 0 Å². The van der Waals surface area contributed by atoms with E-state index in [1.807, 2.05) is 13.8 Å². The quantitative estimate of drug-likeness (QED) is 0.900. The number of hydrogen-bond donors (Lipinski definition) is 1. The van der Waals surface area contributed by atoms with Gasteiger partial charge in [-0.05, 0) is 25.5 Å². The summed E-state index contributed by atoms with van der Waals surface area (Å²) in [7, 11) is 0. The molecule has 2 atom stereocenters. The molecule has 20 heavy (non-hydrogen) atoms. The van der Waals surface area contributed by atoms with Crippen LogP contribution < -0.4 is 0 Å². The summed E-state index contributed by atoms with van der Waals surface area (Å²) in [6, 6.07) is 3.41. The third-order valence-corrected chi connectivity index (χ3v) is 3.55. The molecule has 1 aromatic rings. The number of nitrogens with zero attached hydrogens (tertiary/aromatic N) is 2. The van der Waals surface area contributed by atoms with E-state index in [9.17, 15) is 9.59 Å². The molecule has 6 heteroatoms. The van der Waals surface area contributed by atoms with Gasteiger partial charge in [0.05, 0.1) is 18.8 Å². The van der Waals surface area contributed by atoms with Crippen molar-refractivity contribution in [3.63, 3.8) is 0 Å².